The van der Waals surface area contributed by atoms with Gasteiger partial charge in [-0.3, -0.25) is 9.59 Å². The molecule has 2 atom stereocenters. The third-order valence-electron chi connectivity index (χ3n) is 6.14. The summed E-state index contributed by atoms with van der Waals surface area (Å²) < 4.78 is 5.23. The van der Waals surface area contributed by atoms with Crippen LogP contribution < -0.4 is 5.32 Å². The van der Waals surface area contributed by atoms with E-state index in [2.05, 4.69) is 19.2 Å². The normalized spacial score (nSPS) is 34.5. The van der Waals surface area contributed by atoms with E-state index in [9.17, 15) is 9.59 Å². The van der Waals surface area contributed by atoms with Crippen molar-refractivity contribution in [2.75, 3.05) is 0 Å². The van der Waals surface area contributed by atoms with E-state index in [4.69, 9.17) is 4.42 Å². The Morgan fingerprint density at radius 2 is 2.10 bits per heavy atom. The van der Waals surface area contributed by atoms with E-state index in [1.54, 1.807) is 12.3 Å². The number of carbonyl (C=O) groups is 2. The maximum absolute atomic E-state index is 12.7. The zero-order chi connectivity index (χ0) is 14.6. The van der Waals surface area contributed by atoms with Crippen LogP contribution in [0.2, 0.25) is 0 Å². The lowest BCUT2D eigenvalue weighted by Crippen LogP contribution is -2.46. The topological polar surface area (TPSA) is 59.3 Å². The second-order valence-corrected chi connectivity index (χ2v) is 6.90. The van der Waals surface area contributed by atoms with Crippen molar-refractivity contribution >= 4 is 11.7 Å². The van der Waals surface area contributed by atoms with Crippen LogP contribution >= 0.6 is 0 Å². The summed E-state index contributed by atoms with van der Waals surface area (Å²) in [5, 5.41) is 2.95. The number of carbonyl (C=O) groups excluding carboxylic acids is 2. The van der Waals surface area contributed by atoms with Crippen molar-refractivity contribution in [1.82, 2.24) is 5.32 Å². The molecule has 1 aromatic rings. The summed E-state index contributed by atoms with van der Waals surface area (Å²) in [5.74, 6) is 0.966. The number of rotatable bonds is 3. The Morgan fingerprint density at radius 3 is 2.60 bits per heavy atom. The van der Waals surface area contributed by atoms with Crippen molar-refractivity contribution in [3.05, 3.63) is 24.2 Å². The zero-order valence-corrected chi connectivity index (χ0v) is 12.3. The largest absolute Gasteiger partial charge is 0.467 e. The minimum absolute atomic E-state index is 0.00604. The van der Waals surface area contributed by atoms with Gasteiger partial charge in [0.15, 0.2) is 0 Å². The molecule has 2 aliphatic carbocycles. The quantitative estimate of drug-likeness (QED) is 0.922. The molecule has 1 heterocycles. The lowest BCUT2D eigenvalue weighted by atomic mass is 9.64. The smallest absolute Gasteiger partial charge is 0.227 e. The molecule has 2 fully saturated rings. The average molecular weight is 275 g/mol. The van der Waals surface area contributed by atoms with Crippen LogP contribution in [-0.4, -0.2) is 11.7 Å². The number of hydrogen-bond donors (Lipinski definition) is 1. The molecule has 0 aromatic carbocycles. The van der Waals surface area contributed by atoms with Crippen molar-refractivity contribution in [3.63, 3.8) is 0 Å². The highest BCUT2D eigenvalue weighted by Gasteiger charge is 2.72. The summed E-state index contributed by atoms with van der Waals surface area (Å²) in [6.07, 6.45) is 3.58. The van der Waals surface area contributed by atoms with E-state index in [1.807, 2.05) is 13.0 Å². The van der Waals surface area contributed by atoms with Crippen LogP contribution in [0.1, 0.15) is 45.8 Å². The molecular formula is C16H21NO3. The lowest BCUT2D eigenvalue weighted by Gasteiger charge is -2.38. The Hall–Kier alpha value is -1.58. The SMILES string of the molecule is CC1(C)[C@@]2(C(=O)NCc3ccco3)CC[C@@]1(C)C(=O)C2. The van der Waals surface area contributed by atoms with E-state index in [-0.39, 0.29) is 22.5 Å². The number of hydrogen-bond acceptors (Lipinski definition) is 3. The highest BCUT2D eigenvalue weighted by Crippen LogP contribution is 2.70. The predicted octanol–water partition coefficient (Wildman–Crippen LogP) is 2.68. The van der Waals surface area contributed by atoms with Gasteiger partial charge in [-0.25, -0.2) is 0 Å². The van der Waals surface area contributed by atoms with Crippen LogP contribution in [0.3, 0.4) is 0 Å². The number of amides is 1. The van der Waals surface area contributed by atoms with Crippen LogP contribution in [0.4, 0.5) is 0 Å². The maximum Gasteiger partial charge on any atom is 0.227 e. The Balaban J connectivity index is 1.82. The molecule has 4 heteroatoms. The number of Topliss-reactive ketones (excluding diaryl/α,β-unsaturated/α-hetero) is 1. The van der Waals surface area contributed by atoms with Crippen LogP contribution in [0.25, 0.3) is 0 Å². The van der Waals surface area contributed by atoms with Gasteiger partial charge in [0.25, 0.3) is 0 Å². The van der Waals surface area contributed by atoms with Gasteiger partial charge in [-0.15, -0.1) is 0 Å². The molecule has 2 aliphatic rings. The summed E-state index contributed by atoms with van der Waals surface area (Å²) in [5.41, 5.74) is -1.19. The molecule has 2 bridgehead atoms. The Morgan fingerprint density at radius 1 is 1.35 bits per heavy atom. The molecule has 4 nitrogen and oxygen atoms in total. The van der Waals surface area contributed by atoms with Crippen molar-refractivity contribution in [3.8, 4) is 0 Å². The van der Waals surface area contributed by atoms with Gasteiger partial charge in [0.2, 0.25) is 5.91 Å². The van der Waals surface area contributed by atoms with Crippen LogP contribution in [0, 0.1) is 16.2 Å². The fraction of sp³-hybridized carbons (Fsp3) is 0.625. The number of nitrogens with one attached hydrogen (secondary N) is 1. The Labute approximate surface area is 118 Å². The minimum Gasteiger partial charge on any atom is -0.467 e. The number of furan rings is 1. The molecule has 0 unspecified atom stereocenters. The molecule has 2 saturated carbocycles. The van der Waals surface area contributed by atoms with Gasteiger partial charge in [-0.1, -0.05) is 20.8 Å². The van der Waals surface area contributed by atoms with Crippen molar-refractivity contribution in [2.24, 2.45) is 16.2 Å². The van der Waals surface area contributed by atoms with Crippen LogP contribution in [-0.2, 0) is 16.1 Å². The van der Waals surface area contributed by atoms with Gasteiger partial charge in [-0.2, -0.15) is 0 Å². The molecule has 1 N–H and O–H groups in total. The second-order valence-electron chi connectivity index (χ2n) is 6.90. The summed E-state index contributed by atoms with van der Waals surface area (Å²) in [4.78, 5) is 25.0. The van der Waals surface area contributed by atoms with Crippen molar-refractivity contribution in [1.29, 1.82) is 0 Å². The van der Waals surface area contributed by atoms with E-state index in [1.165, 1.54) is 0 Å². The zero-order valence-electron chi connectivity index (χ0n) is 12.3. The van der Waals surface area contributed by atoms with Gasteiger partial charge in [0.1, 0.15) is 11.5 Å². The highest BCUT2D eigenvalue weighted by atomic mass is 16.3. The summed E-state index contributed by atoms with van der Waals surface area (Å²) >= 11 is 0. The first kappa shape index (κ1) is 13.4. The third kappa shape index (κ3) is 1.42. The number of fused-ring (bicyclic) bond motifs is 2. The third-order valence-corrected chi connectivity index (χ3v) is 6.14. The molecule has 0 spiro atoms. The van der Waals surface area contributed by atoms with Gasteiger partial charge >= 0.3 is 0 Å². The fourth-order valence-electron chi connectivity index (χ4n) is 4.11. The first-order valence-electron chi connectivity index (χ1n) is 7.17. The monoisotopic (exact) mass is 275 g/mol. The minimum atomic E-state index is -0.550. The molecule has 0 radical (unpaired) electrons. The average Bonchev–Trinajstić information content (AvgIpc) is 3.01. The molecule has 108 valence electrons. The van der Waals surface area contributed by atoms with E-state index < -0.39 is 5.41 Å². The molecule has 20 heavy (non-hydrogen) atoms. The van der Waals surface area contributed by atoms with Gasteiger partial charge < -0.3 is 9.73 Å². The molecule has 1 aromatic heterocycles. The van der Waals surface area contributed by atoms with Gasteiger partial charge in [0, 0.05) is 11.8 Å². The second kappa shape index (κ2) is 3.96. The number of ketones is 1. The summed E-state index contributed by atoms with van der Waals surface area (Å²) in [7, 11) is 0. The molecule has 0 aliphatic heterocycles. The Kier molecular flexibility index (Phi) is 2.66. The standard InChI is InChI=1S/C16H21NO3/c1-14(2)15(3)6-7-16(14,9-12(15)18)13(19)17-10-11-5-4-8-20-11/h4-5,8H,6-7,9-10H2,1-3H3,(H,17,19)/t15-,16-/m0/s1. The Bertz CT molecular complexity index is 560. The van der Waals surface area contributed by atoms with Gasteiger partial charge in [0.05, 0.1) is 18.2 Å². The van der Waals surface area contributed by atoms with Crippen LogP contribution in [0.5, 0.6) is 0 Å². The first-order valence-corrected chi connectivity index (χ1v) is 7.17. The summed E-state index contributed by atoms with van der Waals surface area (Å²) in [6.45, 7) is 6.53. The van der Waals surface area contributed by atoms with E-state index in [0.29, 0.717) is 13.0 Å². The molecular weight excluding hydrogens is 254 g/mol. The lowest BCUT2D eigenvalue weighted by molar-refractivity contribution is -0.136. The van der Waals surface area contributed by atoms with Crippen molar-refractivity contribution in [2.45, 2.75) is 46.6 Å². The maximum atomic E-state index is 12.7. The predicted molar refractivity (Wildman–Crippen MR) is 73.7 cm³/mol. The van der Waals surface area contributed by atoms with Crippen LogP contribution in [0.15, 0.2) is 22.8 Å². The van der Waals surface area contributed by atoms with Gasteiger partial charge in [-0.05, 0) is 30.4 Å². The fourth-order valence-corrected chi connectivity index (χ4v) is 4.11. The van der Waals surface area contributed by atoms with E-state index >= 15 is 0 Å². The van der Waals surface area contributed by atoms with E-state index in [0.717, 1.165) is 18.6 Å². The molecule has 1 amide bonds. The molecule has 0 saturated heterocycles. The first-order chi connectivity index (χ1) is 9.33. The molecule has 3 rings (SSSR count). The highest BCUT2D eigenvalue weighted by molar-refractivity contribution is 5.99. The summed E-state index contributed by atoms with van der Waals surface area (Å²) in [6, 6.07) is 3.64. The van der Waals surface area contributed by atoms with Crippen molar-refractivity contribution < 1.29 is 14.0 Å².